The first-order valence-electron chi connectivity index (χ1n) is 19.0. The molecular formula is C45H56ClN3O2Ru. The minimum absolute atomic E-state index is 0.00744. The number of nitrogens with zero attached hydrogens (tertiary/aromatic N) is 3. The van der Waals surface area contributed by atoms with Crippen molar-refractivity contribution in [1.82, 2.24) is 0 Å². The number of amides is 1. The van der Waals surface area contributed by atoms with Gasteiger partial charge in [0.15, 0.2) is 0 Å². The summed E-state index contributed by atoms with van der Waals surface area (Å²) in [5, 5.41) is 0. The number of carbonyl (C=O) groups excluding carboxylic acids is 1. The average molecular weight is 807 g/mol. The Labute approximate surface area is 321 Å². The molecule has 0 aromatic heterocycles. The molecule has 1 atom stereocenters. The predicted molar refractivity (Wildman–Crippen MR) is 218 cm³/mol. The summed E-state index contributed by atoms with van der Waals surface area (Å²) in [5.41, 5.74) is 10.7. The summed E-state index contributed by atoms with van der Waals surface area (Å²) >= 11 is -2.37. The van der Waals surface area contributed by atoms with Gasteiger partial charge in [-0.3, -0.25) is 0 Å². The molecule has 5 nitrogen and oxygen atoms in total. The molecule has 2 heterocycles. The monoisotopic (exact) mass is 807 g/mol. The molecule has 7 heteroatoms. The van der Waals surface area contributed by atoms with Crippen LogP contribution >= 0.6 is 9.69 Å². The summed E-state index contributed by atoms with van der Waals surface area (Å²) in [4.78, 5) is 21.2. The van der Waals surface area contributed by atoms with Gasteiger partial charge in [-0.2, -0.15) is 0 Å². The van der Waals surface area contributed by atoms with Crippen molar-refractivity contribution in [3.63, 3.8) is 0 Å². The van der Waals surface area contributed by atoms with E-state index in [1.165, 1.54) is 33.6 Å². The molecule has 1 amide bonds. The molecule has 0 aliphatic carbocycles. The average Bonchev–Trinajstić information content (AvgIpc) is 3.58. The van der Waals surface area contributed by atoms with E-state index in [-0.39, 0.29) is 16.8 Å². The predicted octanol–water partition coefficient (Wildman–Crippen LogP) is 11.2. The third-order valence-corrected chi connectivity index (χ3v) is 14.7. The fraction of sp³-hybridized carbons (Fsp3) is 0.422. The number of rotatable bonds is 10. The molecule has 6 rings (SSSR count). The molecule has 1 saturated heterocycles. The number of halogens is 1. The van der Waals surface area contributed by atoms with E-state index in [4.69, 9.17) is 14.4 Å². The van der Waals surface area contributed by atoms with E-state index in [2.05, 4.69) is 119 Å². The zero-order chi connectivity index (χ0) is 37.3. The Morgan fingerprint density at radius 1 is 0.731 bits per heavy atom. The number of hydrogen-bond acceptors (Lipinski definition) is 4. The Kier molecular flexibility index (Phi) is 12.0. The van der Waals surface area contributed by atoms with Crippen LogP contribution in [-0.2, 0) is 14.5 Å². The quantitative estimate of drug-likeness (QED) is 0.150. The van der Waals surface area contributed by atoms with E-state index in [0.29, 0.717) is 35.8 Å². The van der Waals surface area contributed by atoms with Crippen LogP contribution in [0.5, 0.6) is 5.75 Å². The van der Waals surface area contributed by atoms with Crippen molar-refractivity contribution < 1.29 is 24.0 Å². The molecule has 0 N–H and O–H groups in total. The van der Waals surface area contributed by atoms with Gasteiger partial charge in [0.1, 0.15) is 0 Å². The van der Waals surface area contributed by atoms with Crippen LogP contribution in [0, 0.1) is 0 Å². The van der Waals surface area contributed by atoms with Crippen LogP contribution in [0.25, 0.3) is 0 Å². The van der Waals surface area contributed by atoms with Crippen LogP contribution in [0.15, 0.2) is 84.9 Å². The number of fused-ring (bicyclic) bond motifs is 1. The molecule has 4 aromatic rings. The Hall–Kier alpha value is -3.47. The van der Waals surface area contributed by atoms with Gasteiger partial charge in [-0.05, 0) is 0 Å². The topological polar surface area (TPSA) is 36.0 Å². The van der Waals surface area contributed by atoms with Gasteiger partial charge < -0.3 is 0 Å². The van der Waals surface area contributed by atoms with Gasteiger partial charge in [-0.1, -0.05) is 0 Å². The molecule has 0 spiro atoms. The molecule has 1 fully saturated rings. The number of benzene rings is 4. The van der Waals surface area contributed by atoms with Gasteiger partial charge in [-0.25, -0.2) is 0 Å². The van der Waals surface area contributed by atoms with Crippen LogP contribution in [0.2, 0.25) is 0 Å². The zero-order valence-corrected chi connectivity index (χ0v) is 34.8. The van der Waals surface area contributed by atoms with Gasteiger partial charge in [-0.15, -0.1) is 0 Å². The first-order valence-corrected chi connectivity index (χ1v) is 23.3. The first kappa shape index (κ1) is 38.3. The van der Waals surface area contributed by atoms with Crippen molar-refractivity contribution in [2.24, 2.45) is 0 Å². The number of para-hydroxylation sites is 3. The summed E-state index contributed by atoms with van der Waals surface area (Å²) in [6.07, 6.45) is 0.690. The third-order valence-electron chi connectivity index (χ3n) is 10.4. The maximum atomic E-state index is 13.9. The van der Waals surface area contributed by atoms with Crippen molar-refractivity contribution >= 4 is 37.3 Å². The van der Waals surface area contributed by atoms with Crippen LogP contribution < -0.4 is 19.4 Å². The Morgan fingerprint density at radius 2 is 1.21 bits per heavy atom. The van der Waals surface area contributed by atoms with E-state index in [1.807, 2.05) is 47.4 Å². The summed E-state index contributed by atoms with van der Waals surface area (Å²) in [6, 6.07) is 29.4. The maximum absolute atomic E-state index is 13.9. The van der Waals surface area contributed by atoms with Crippen LogP contribution in [0.3, 0.4) is 0 Å². The van der Waals surface area contributed by atoms with Gasteiger partial charge in [0.25, 0.3) is 0 Å². The van der Waals surface area contributed by atoms with Crippen LogP contribution in [0.4, 0.5) is 17.1 Å². The van der Waals surface area contributed by atoms with Crippen molar-refractivity contribution in [2.45, 2.75) is 103 Å². The van der Waals surface area contributed by atoms with Crippen molar-refractivity contribution in [1.29, 1.82) is 0 Å². The van der Waals surface area contributed by atoms with Gasteiger partial charge in [0, 0.05) is 0 Å². The fourth-order valence-corrected chi connectivity index (χ4v) is 12.3. The standard InChI is InChI=1S/C27H39N2.C18H17NO2.ClH.Ru/c1-18(2)22-11-9-12-23(19(3)4)26(22)28-15-16-29(17-28)27-24(20(5)6)13-10-14-25(27)21(7)8;1-3-15-12-19(18(20)14-9-5-4-6-10-14)16-11-7-8-13(2)17(16)21-15;;/h9-14,17-21H,15-16H2,1-8H3;2,4-11,15H,3,12H2,1H3;1H;/q;;;+1/p-1. The number of anilines is 3. The van der Waals surface area contributed by atoms with E-state index in [1.54, 1.807) is 0 Å². The van der Waals surface area contributed by atoms with E-state index >= 15 is 0 Å². The SMILES string of the molecule is CCC1CN(C(=O)c2ccccc2)c2cccc([CH]=[Ru]([Cl])[CH]3N(c4c(C(C)C)cccc4C(C)C)CCN3c3c(C(C)C)cccc3C(C)C)c2O1. The number of ether oxygens (including phenoxy) is 1. The van der Waals surface area contributed by atoms with Crippen LogP contribution in [-0.4, -0.2) is 41.0 Å². The molecule has 2 aliphatic rings. The summed E-state index contributed by atoms with van der Waals surface area (Å²) in [7, 11) is 8.01. The molecule has 278 valence electrons. The van der Waals surface area contributed by atoms with Gasteiger partial charge >= 0.3 is 323 Å². The molecule has 0 radical (unpaired) electrons. The molecular weight excluding hydrogens is 751 g/mol. The summed E-state index contributed by atoms with van der Waals surface area (Å²) in [6.45, 7) is 22.9. The Bertz CT molecular complexity index is 1800. The molecule has 0 saturated carbocycles. The fourth-order valence-electron chi connectivity index (χ4n) is 7.69. The van der Waals surface area contributed by atoms with Crippen molar-refractivity contribution in [3.05, 3.63) is 118 Å². The van der Waals surface area contributed by atoms with Gasteiger partial charge in [0.05, 0.1) is 0 Å². The van der Waals surface area contributed by atoms with E-state index in [9.17, 15) is 4.79 Å². The van der Waals surface area contributed by atoms with Crippen molar-refractivity contribution in [3.8, 4) is 5.75 Å². The van der Waals surface area contributed by atoms with Crippen molar-refractivity contribution in [2.75, 3.05) is 34.3 Å². The van der Waals surface area contributed by atoms with E-state index < -0.39 is 14.5 Å². The normalized spacial score (nSPS) is 17.5. The second kappa shape index (κ2) is 16.3. The zero-order valence-electron chi connectivity index (χ0n) is 32.3. The Morgan fingerprint density at radius 3 is 1.67 bits per heavy atom. The summed E-state index contributed by atoms with van der Waals surface area (Å²) < 4.78 is 9.03. The Balaban J connectivity index is 1.55. The molecule has 52 heavy (non-hydrogen) atoms. The second-order valence-electron chi connectivity index (χ2n) is 15.4. The summed E-state index contributed by atoms with van der Waals surface area (Å²) in [5.74, 6) is 2.22. The molecule has 4 aromatic carbocycles. The van der Waals surface area contributed by atoms with E-state index in [0.717, 1.165) is 36.5 Å². The number of hydrogen-bond donors (Lipinski definition) is 0. The van der Waals surface area contributed by atoms with Crippen LogP contribution in [0.1, 0.15) is 131 Å². The molecule has 0 bridgehead atoms. The first-order chi connectivity index (χ1) is 24.9. The number of carbonyl (C=O) groups is 1. The minimum atomic E-state index is -2.37. The second-order valence-corrected chi connectivity index (χ2v) is 19.9. The third kappa shape index (κ3) is 7.48. The molecule has 1 unspecified atom stereocenters. The molecule has 2 aliphatic heterocycles. The van der Waals surface area contributed by atoms with Gasteiger partial charge in [0.2, 0.25) is 0 Å².